The molecule has 0 spiro atoms. The zero-order valence-electron chi connectivity index (χ0n) is 19.9. The largest absolute Gasteiger partial charge is 0.322 e. The third-order valence-corrected chi connectivity index (χ3v) is 5.92. The van der Waals surface area contributed by atoms with Crippen LogP contribution in [0.1, 0.15) is 39.0 Å². The summed E-state index contributed by atoms with van der Waals surface area (Å²) in [6.45, 7) is 10.1. The molecule has 0 aliphatic carbocycles. The zero-order chi connectivity index (χ0) is 25.0. The standard InChI is InChI=1S/C25H29Cl2N5O2/c1-6-31(24(34)29-23-17(26)11-9-12-18(23)27)15-22(33)28-21-14-20(25(3,4)5)30-32(21)19-13-8-7-10-16(19)2/h7-14H,6,15H2,1-5H3,(H,28,33)(H,29,34). The molecule has 1 heterocycles. The van der Waals surface area contributed by atoms with Crippen LogP contribution in [0, 0.1) is 6.92 Å². The number of carbonyl (C=O) groups excluding carboxylic acids is 2. The molecule has 2 N–H and O–H groups in total. The minimum atomic E-state index is -0.476. The molecule has 34 heavy (non-hydrogen) atoms. The number of anilines is 2. The summed E-state index contributed by atoms with van der Waals surface area (Å²) in [6.07, 6.45) is 0. The van der Waals surface area contributed by atoms with Gasteiger partial charge < -0.3 is 15.5 Å². The van der Waals surface area contributed by atoms with Crippen molar-refractivity contribution in [2.24, 2.45) is 0 Å². The lowest BCUT2D eigenvalue weighted by Gasteiger charge is -2.21. The molecule has 0 aliphatic rings. The van der Waals surface area contributed by atoms with Gasteiger partial charge in [0, 0.05) is 18.0 Å². The van der Waals surface area contributed by atoms with Crippen LogP contribution in [-0.2, 0) is 10.2 Å². The van der Waals surface area contributed by atoms with Gasteiger partial charge in [-0.2, -0.15) is 5.10 Å². The molecule has 180 valence electrons. The maximum Gasteiger partial charge on any atom is 0.322 e. The highest BCUT2D eigenvalue weighted by atomic mass is 35.5. The summed E-state index contributed by atoms with van der Waals surface area (Å²) in [5.74, 6) is 0.187. The van der Waals surface area contributed by atoms with E-state index < -0.39 is 6.03 Å². The average molecular weight is 502 g/mol. The van der Waals surface area contributed by atoms with Crippen molar-refractivity contribution in [3.05, 3.63) is 69.8 Å². The Morgan fingerprint density at radius 3 is 2.26 bits per heavy atom. The Kier molecular flexibility index (Phi) is 7.89. The normalized spacial score (nSPS) is 11.3. The van der Waals surface area contributed by atoms with Gasteiger partial charge in [-0.25, -0.2) is 9.48 Å². The smallest absolute Gasteiger partial charge is 0.315 e. The van der Waals surface area contributed by atoms with Gasteiger partial charge in [-0.15, -0.1) is 0 Å². The van der Waals surface area contributed by atoms with E-state index in [4.69, 9.17) is 28.3 Å². The molecular weight excluding hydrogens is 473 g/mol. The first-order chi connectivity index (χ1) is 16.0. The second-order valence-corrected chi connectivity index (χ2v) is 9.77. The first kappa shape index (κ1) is 25.6. The summed E-state index contributed by atoms with van der Waals surface area (Å²) >= 11 is 12.3. The molecule has 1 aromatic heterocycles. The first-order valence-electron chi connectivity index (χ1n) is 11.0. The second kappa shape index (κ2) is 10.5. The number of nitrogens with one attached hydrogen (secondary N) is 2. The van der Waals surface area contributed by atoms with Crippen LogP contribution in [0.2, 0.25) is 10.0 Å². The van der Waals surface area contributed by atoms with Crippen LogP contribution < -0.4 is 10.6 Å². The van der Waals surface area contributed by atoms with E-state index in [2.05, 4.69) is 31.4 Å². The monoisotopic (exact) mass is 501 g/mol. The highest BCUT2D eigenvalue weighted by Crippen LogP contribution is 2.30. The Hall–Kier alpha value is -3.03. The molecule has 0 bridgehead atoms. The van der Waals surface area contributed by atoms with Crippen LogP contribution in [0.15, 0.2) is 48.5 Å². The van der Waals surface area contributed by atoms with Crippen molar-refractivity contribution in [1.29, 1.82) is 0 Å². The maximum atomic E-state index is 13.0. The van der Waals surface area contributed by atoms with E-state index in [0.29, 0.717) is 28.1 Å². The minimum Gasteiger partial charge on any atom is -0.315 e. The molecule has 2 aromatic carbocycles. The predicted octanol–water partition coefficient (Wildman–Crippen LogP) is 6.28. The summed E-state index contributed by atoms with van der Waals surface area (Å²) in [7, 11) is 0. The maximum absolute atomic E-state index is 13.0. The molecule has 3 rings (SSSR count). The molecule has 0 fully saturated rings. The number of likely N-dealkylation sites (N-methyl/N-ethyl adjacent to an activating group) is 1. The molecular formula is C25H29Cl2N5O2. The SMILES string of the molecule is CCN(CC(=O)Nc1cc(C(C)(C)C)nn1-c1ccccc1C)C(=O)Nc1c(Cl)cccc1Cl. The summed E-state index contributed by atoms with van der Waals surface area (Å²) in [4.78, 5) is 27.1. The van der Waals surface area contributed by atoms with Crippen molar-refractivity contribution in [1.82, 2.24) is 14.7 Å². The lowest BCUT2D eigenvalue weighted by molar-refractivity contribution is -0.116. The minimum absolute atomic E-state index is 0.159. The van der Waals surface area contributed by atoms with Gasteiger partial charge in [0.2, 0.25) is 5.91 Å². The van der Waals surface area contributed by atoms with Crippen LogP contribution in [-0.4, -0.2) is 39.7 Å². The number of carbonyl (C=O) groups is 2. The first-order valence-corrected chi connectivity index (χ1v) is 11.7. The highest BCUT2D eigenvalue weighted by Gasteiger charge is 2.23. The fourth-order valence-corrected chi connectivity index (χ4v) is 3.80. The van der Waals surface area contributed by atoms with Crippen molar-refractivity contribution >= 4 is 46.6 Å². The van der Waals surface area contributed by atoms with Crippen LogP contribution in [0.25, 0.3) is 5.69 Å². The number of benzene rings is 2. The zero-order valence-corrected chi connectivity index (χ0v) is 21.5. The second-order valence-electron chi connectivity index (χ2n) is 8.95. The van der Waals surface area contributed by atoms with Gasteiger partial charge in [0.1, 0.15) is 12.4 Å². The number of urea groups is 1. The highest BCUT2D eigenvalue weighted by molar-refractivity contribution is 6.39. The number of halogens is 2. The van der Waals surface area contributed by atoms with Gasteiger partial charge in [-0.3, -0.25) is 4.79 Å². The molecule has 0 unspecified atom stereocenters. The molecule has 0 saturated heterocycles. The summed E-state index contributed by atoms with van der Waals surface area (Å²) in [5.41, 5.74) is 2.82. The summed E-state index contributed by atoms with van der Waals surface area (Å²) < 4.78 is 1.73. The molecule has 0 aliphatic heterocycles. The van der Waals surface area contributed by atoms with Gasteiger partial charge in [-0.1, -0.05) is 68.2 Å². The van der Waals surface area contributed by atoms with Gasteiger partial charge >= 0.3 is 6.03 Å². The number of amides is 3. The lowest BCUT2D eigenvalue weighted by Crippen LogP contribution is -2.40. The number of rotatable bonds is 6. The summed E-state index contributed by atoms with van der Waals surface area (Å²) in [6, 6.07) is 14.2. The van der Waals surface area contributed by atoms with E-state index >= 15 is 0 Å². The van der Waals surface area contributed by atoms with Crippen LogP contribution in [0.4, 0.5) is 16.3 Å². The number of nitrogens with zero attached hydrogens (tertiary/aromatic N) is 3. The van der Waals surface area contributed by atoms with Gasteiger partial charge in [0.05, 0.1) is 27.1 Å². The van der Waals surface area contributed by atoms with Crippen molar-refractivity contribution in [3.63, 3.8) is 0 Å². The Bertz CT molecular complexity index is 1180. The van der Waals surface area contributed by atoms with Crippen molar-refractivity contribution < 1.29 is 9.59 Å². The van der Waals surface area contributed by atoms with Crippen LogP contribution in [0.5, 0.6) is 0 Å². The Morgan fingerprint density at radius 2 is 1.68 bits per heavy atom. The molecule has 9 heteroatoms. The van der Waals surface area contributed by atoms with Crippen LogP contribution in [0.3, 0.4) is 0 Å². The van der Waals surface area contributed by atoms with Crippen molar-refractivity contribution in [2.45, 2.75) is 40.0 Å². The molecule has 0 radical (unpaired) electrons. The van der Waals surface area contributed by atoms with Gasteiger partial charge in [0.15, 0.2) is 0 Å². The van der Waals surface area contributed by atoms with Crippen molar-refractivity contribution in [3.8, 4) is 5.69 Å². The van der Waals surface area contributed by atoms with E-state index in [1.165, 1.54) is 4.90 Å². The predicted molar refractivity (Wildman–Crippen MR) is 138 cm³/mol. The van der Waals surface area contributed by atoms with Gasteiger partial charge in [0.25, 0.3) is 0 Å². The van der Waals surface area contributed by atoms with Crippen molar-refractivity contribution in [2.75, 3.05) is 23.7 Å². The van der Waals surface area contributed by atoms with Gasteiger partial charge in [-0.05, 0) is 37.6 Å². The Labute approximate surface area is 210 Å². The number of hydrogen-bond donors (Lipinski definition) is 2. The van der Waals surface area contributed by atoms with E-state index in [0.717, 1.165) is 16.9 Å². The third kappa shape index (κ3) is 5.90. The quantitative estimate of drug-likeness (QED) is 0.417. The average Bonchev–Trinajstić information content (AvgIpc) is 3.19. The lowest BCUT2D eigenvalue weighted by atomic mass is 9.92. The summed E-state index contributed by atoms with van der Waals surface area (Å²) in [5, 5.41) is 11.0. The Morgan fingerprint density at radius 1 is 1.03 bits per heavy atom. The third-order valence-electron chi connectivity index (χ3n) is 5.29. The molecule has 3 aromatic rings. The van der Waals surface area contributed by atoms with E-state index in [9.17, 15) is 9.59 Å². The van der Waals surface area contributed by atoms with E-state index in [-0.39, 0.29) is 17.9 Å². The number of hydrogen-bond acceptors (Lipinski definition) is 3. The number of aromatic nitrogens is 2. The topological polar surface area (TPSA) is 79.3 Å². The number of para-hydroxylation sites is 2. The Balaban J connectivity index is 1.81. The molecule has 0 saturated carbocycles. The van der Waals surface area contributed by atoms with E-state index in [1.54, 1.807) is 29.8 Å². The fourth-order valence-electron chi connectivity index (χ4n) is 3.31. The van der Waals surface area contributed by atoms with Crippen LogP contribution >= 0.6 is 23.2 Å². The number of aryl methyl sites for hydroxylation is 1. The van der Waals surface area contributed by atoms with E-state index in [1.807, 2.05) is 37.3 Å². The fraction of sp³-hybridized carbons (Fsp3) is 0.320. The molecule has 0 atom stereocenters. The molecule has 3 amide bonds. The molecule has 7 nitrogen and oxygen atoms in total.